The van der Waals surface area contributed by atoms with E-state index in [0.717, 1.165) is 32.5 Å². The molecule has 0 saturated heterocycles. The van der Waals surface area contributed by atoms with Gasteiger partial charge in [-0.25, -0.2) is 0 Å². The topological polar surface area (TPSA) is 23.5 Å². The van der Waals surface area contributed by atoms with Gasteiger partial charge in [-0.05, 0) is 25.3 Å². The fraction of sp³-hybridized carbons (Fsp3) is 0.667. The molecule has 0 rings (SSSR count). The van der Waals surface area contributed by atoms with Crippen LogP contribution in [-0.4, -0.2) is 36.2 Å². The molecule has 2 nitrogen and oxygen atoms in total. The Morgan fingerprint density at radius 2 is 1.86 bits per heavy atom. The summed E-state index contributed by atoms with van der Waals surface area (Å²) in [6.45, 7) is 12.7. The Bertz CT molecular complexity index is 146. The van der Waals surface area contributed by atoms with Gasteiger partial charge in [0, 0.05) is 13.1 Å². The third-order valence-electron chi connectivity index (χ3n) is 2.38. The van der Waals surface area contributed by atoms with Gasteiger partial charge in [-0.15, -0.1) is 13.2 Å². The van der Waals surface area contributed by atoms with Gasteiger partial charge in [-0.3, -0.25) is 0 Å². The molecule has 82 valence electrons. The molecule has 1 N–H and O–H groups in total. The van der Waals surface area contributed by atoms with E-state index in [0.29, 0.717) is 5.92 Å². The number of hydrogen-bond donors (Lipinski definition) is 1. The highest BCUT2D eigenvalue weighted by atomic mass is 16.3. The van der Waals surface area contributed by atoms with E-state index in [4.69, 9.17) is 5.11 Å². The lowest BCUT2D eigenvalue weighted by Gasteiger charge is -2.24. The molecule has 0 bridgehead atoms. The van der Waals surface area contributed by atoms with Gasteiger partial charge in [0.2, 0.25) is 0 Å². The van der Waals surface area contributed by atoms with Crippen molar-refractivity contribution in [1.82, 2.24) is 4.90 Å². The highest BCUT2D eigenvalue weighted by molar-refractivity contribution is 4.81. The predicted molar refractivity (Wildman–Crippen MR) is 62.3 cm³/mol. The van der Waals surface area contributed by atoms with Crippen molar-refractivity contribution in [3.05, 3.63) is 25.3 Å². The minimum atomic E-state index is 0.239. The van der Waals surface area contributed by atoms with Crippen molar-refractivity contribution in [3.8, 4) is 0 Å². The number of rotatable bonds is 9. The van der Waals surface area contributed by atoms with Crippen molar-refractivity contribution < 1.29 is 5.11 Å². The molecule has 0 aliphatic carbocycles. The van der Waals surface area contributed by atoms with Crippen LogP contribution in [-0.2, 0) is 0 Å². The first-order chi connectivity index (χ1) is 6.78. The second-order valence-electron chi connectivity index (χ2n) is 3.53. The minimum absolute atomic E-state index is 0.239. The summed E-state index contributed by atoms with van der Waals surface area (Å²) in [6.07, 6.45) is 5.96. The van der Waals surface area contributed by atoms with Gasteiger partial charge in [0.1, 0.15) is 0 Å². The third-order valence-corrected chi connectivity index (χ3v) is 2.38. The maximum absolute atomic E-state index is 8.86. The average Bonchev–Trinajstić information content (AvgIpc) is 2.18. The highest BCUT2D eigenvalue weighted by Crippen LogP contribution is 2.11. The zero-order chi connectivity index (χ0) is 10.8. The first-order valence-electron chi connectivity index (χ1n) is 5.33. The summed E-state index contributed by atoms with van der Waals surface area (Å²) in [5.74, 6) is 0.594. The number of hydrogen-bond acceptors (Lipinski definition) is 2. The van der Waals surface area contributed by atoms with Gasteiger partial charge in [0.15, 0.2) is 0 Å². The fourth-order valence-electron chi connectivity index (χ4n) is 1.60. The molecular weight excluding hydrogens is 174 g/mol. The standard InChI is InChI=1S/C12H23NO/c1-4-7-12(8-5-2)11-13(6-3)9-10-14/h4-5,12,14H,1-2,6-11H2,3H3. The number of nitrogens with zero attached hydrogens (tertiary/aromatic N) is 1. The van der Waals surface area contributed by atoms with Crippen LogP contribution in [0.1, 0.15) is 19.8 Å². The largest absolute Gasteiger partial charge is 0.395 e. The molecule has 0 aromatic rings. The maximum atomic E-state index is 8.86. The molecule has 0 saturated carbocycles. The predicted octanol–water partition coefficient (Wildman–Crippen LogP) is 2.07. The van der Waals surface area contributed by atoms with Crippen LogP contribution in [0.5, 0.6) is 0 Å². The average molecular weight is 197 g/mol. The summed E-state index contributed by atoms with van der Waals surface area (Å²) in [6, 6.07) is 0. The zero-order valence-corrected chi connectivity index (χ0v) is 9.28. The molecule has 0 heterocycles. The highest BCUT2D eigenvalue weighted by Gasteiger charge is 2.09. The van der Waals surface area contributed by atoms with Crippen molar-refractivity contribution in [3.63, 3.8) is 0 Å². The molecule has 0 aromatic heterocycles. The molecule has 0 unspecified atom stereocenters. The molecule has 0 aliphatic heterocycles. The normalized spacial score (nSPS) is 10.9. The van der Waals surface area contributed by atoms with E-state index in [9.17, 15) is 0 Å². The van der Waals surface area contributed by atoms with Gasteiger partial charge in [-0.1, -0.05) is 19.1 Å². The van der Waals surface area contributed by atoms with Gasteiger partial charge in [-0.2, -0.15) is 0 Å². The molecule has 0 radical (unpaired) electrons. The van der Waals surface area contributed by atoms with E-state index >= 15 is 0 Å². The van der Waals surface area contributed by atoms with Crippen molar-refractivity contribution in [2.75, 3.05) is 26.2 Å². The Kier molecular flexibility index (Phi) is 8.59. The van der Waals surface area contributed by atoms with Crippen LogP contribution >= 0.6 is 0 Å². The molecule has 0 atom stereocenters. The number of allylic oxidation sites excluding steroid dienone is 2. The van der Waals surface area contributed by atoms with Crippen LogP contribution in [0.3, 0.4) is 0 Å². The Morgan fingerprint density at radius 1 is 1.29 bits per heavy atom. The lowest BCUT2D eigenvalue weighted by molar-refractivity contribution is 0.181. The first kappa shape index (κ1) is 13.4. The number of likely N-dealkylation sites (N-methyl/N-ethyl adjacent to an activating group) is 1. The molecule has 0 aliphatic rings. The lowest BCUT2D eigenvalue weighted by atomic mass is 10.0. The summed E-state index contributed by atoms with van der Waals surface area (Å²) in [4.78, 5) is 2.26. The second kappa shape index (κ2) is 8.97. The van der Waals surface area contributed by atoms with Gasteiger partial charge in [0.25, 0.3) is 0 Å². The van der Waals surface area contributed by atoms with E-state index in [1.165, 1.54) is 0 Å². The Balaban J connectivity index is 3.95. The summed E-state index contributed by atoms with van der Waals surface area (Å²) in [5, 5.41) is 8.86. The first-order valence-corrected chi connectivity index (χ1v) is 5.33. The zero-order valence-electron chi connectivity index (χ0n) is 9.28. The third kappa shape index (κ3) is 5.95. The molecule has 14 heavy (non-hydrogen) atoms. The molecular formula is C12H23NO. The molecule has 0 fully saturated rings. The number of aliphatic hydroxyl groups is 1. The van der Waals surface area contributed by atoms with Gasteiger partial charge >= 0.3 is 0 Å². The van der Waals surface area contributed by atoms with Crippen LogP contribution < -0.4 is 0 Å². The summed E-state index contributed by atoms with van der Waals surface area (Å²) >= 11 is 0. The maximum Gasteiger partial charge on any atom is 0.0558 e. The molecule has 0 spiro atoms. The van der Waals surface area contributed by atoms with Crippen molar-refractivity contribution in [2.24, 2.45) is 5.92 Å². The van der Waals surface area contributed by atoms with E-state index in [1.807, 2.05) is 12.2 Å². The summed E-state index contributed by atoms with van der Waals surface area (Å²) in [5.41, 5.74) is 0. The van der Waals surface area contributed by atoms with Gasteiger partial charge < -0.3 is 10.0 Å². The van der Waals surface area contributed by atoms with Crippen molar-refractivity contribution in [1.29, 1.82) is 0 Å². The second-order valence-corrected chi connectivity index (χ2v) is 3.53. The Labute approximate surface area is 87.9 Å². The molecule has 0 amide bonds. The fourth-order valence-corrected chi connectivity index (χ4v) is 1.60. The van der Waals surface area contributed by atoms with E-state index in [2.05, 4.69) is 25.0 Å². The molecule has 2 heteroatoms. The summed E-state index contributed by atoms with van der Waals surface area (Å²) < 4.78 is 0. The van der Waals surface area contributed by atoms with Crippen molar-refractivity contribution in [2.45, 2.75) is 19.8 Å². The van der Waals surface area contributed by atoms with Crippen molar-refractivity contribution >= 4 is 0 Å². The van der Waals surface area contributed by atoms with Gasteiger partial charge in [0.05, 0.1) is 6.61 Å². The smallest absolute Gasteiger partial charge is 0.0558 e. The van der Waals surface area contributed by atoms with Crippen LogP contribution in [0.15, 0.2) is 25.3 Å². The SMILES string of the molecule is C=CCC(CC=C)CN(CC)CCO. The lowest BCUT2D eigenvalue weighted by Crippen LogP contribution is -2.31. The quantitative estimate of drug-likeness (QED) is 0.572. The Morgan fingerprint density at radius 3 is 2.21 bits per heavy atom. The van der Waals surface area contributed by atoms with E-state index in [1.54, 1.807) is 0 Å². The monoisotopic (exact) mass is 197 g/mol. The summed E-state index contributed by atoms with van der Waals surface area (Å²) in [7, 11) is 0. The van der Waals surface area contributed by atoms with Crippen LogP contribution in [0.2, 0.25) is 0 Å². The Hall–Kier alpha value is -0.600. The van der Waals surface area contributed by atoms with Crippen LogP contribution in [0, 0.1) is 5.92 Å². The van der Waals surface area contributed by atoms with E-state index in [-0.39, 0.29) is 6.61 Å². The van der Waals surface area contributed by atoms with Crippen LogP contribution in [0.25, 0.3) is 0 Å². The minimum Gasteiger partial charge on any atom is -0.395 e. The number of aliphatic hydroxyl groups excluding tert-OH is 1. The van der Waals surface area contributed by atoms with Crippen LogP contribution in [0.4, 0.5) is 0 Å². The molecule has 0 aromatic carbocycles. The van der Waals surface area contributed by atoms with E-state index < -0.39 is 0 Å².